The molecule has 0 unspecified atom stereocenters. The van der Waals surface area contributed by atoms with Crippen molar-refractivity contribution < 1.29 is 37.2 Å². The van der Waals surface area contributed by atoms with Crippen molar-refractivity contribution in [3.8, 4) is 5.75 Å². The molecule has 0 aliphatic carbocycles. The van der Waals surface area contributed by atoms with E-state index in [1.54, 1.807) is 0 Å². The van der Waals surface area contributed by atoms with Gasteiger partial charge >= 0.3 is 12.1 Å². The number of imide groups is 1. The third-order valence-electron chi connectivity index (χ3n) is 5.19. The Labute approximate surface area is 221 Å². The van der Waals surface area contributed by atoms with Gasteiger partial charge in [-0.2, -0.15) is 13.2 Å². The van der Waals surface area contributed by atoms with Gasteiger partial charge in [-0.25, -0.2) is 9.69 Å². The summed E-state index contributed by atoms with van der Waals surface area (Å²) >= 11 is 12.0. The second-order valence-electron chi connectivity index (χ2n) is 7.64. The van der Waals surface area contributed by atoms with Gasteiger partial charge < -0.3 is 10.1 Å². The van der Waals surface area contributed by atoms with Gasteiger partial charge in [0.05, 0.1) is 26.8 Å². The largest absolute Gasteiger partial charge is 0.423 e. The molecule has 1 heterocycles. The summed E-state index contributed by atoms with van der Waals surface area (Å²) < 4.78 is 44.6. The van der Waals surface area contributed by atoms with Crippen molar-refractivity contribution in [2.75, 3.05) is 10.2 Å². The van der Waals surface area contributed by atoms with Crippen LogP contribution in [0.3, 0.4) is 0 Å². The summed E-state index contributed by atoms with van der Waals surface area (Å²) in [6, 6.07) is 12.4. The molecule has 1 aliphatic heterocycles. The molecule has 14 heteroatoms. The van der Waals surface area contributed by atoms with Gasteiger partial charge in [0, 0.05) is 17.8 Å². The number of amides is 2. The molecule has 0 saturated heterocycles. The summed E-state index contributed by atoms with van der Waals surface area (Å²) in [5.41, 5.74) is -1.90. The number of anilines is 2. The summed E-state index contributed by atoms with van der Waals surface area (Å²) in [6.07, 6.45) is -4.75. The topological polar surface area (TPSA) is 119 Å². The number of alkyl halides is 3. The van der Waals surface area contributed by atoms with E-state index in [1.807, 2.05) is 0 Å². The molecule has 0 fully saturated rings. The number of carbonyl (C=O) groups excluding carboxylic acids is 3. The van der Waals surface area contributed by atoms with Gasteiger partial charge in [0.1, 0.15) is 16.5 Å². The van der Waals surface area contributed by atoms with Gasteiger partial charge in [-0.3, -0.25) is 19.7 Å². The highest BCUT2D eigenvalue weighted by molar-refractivity contribution is 6.53. The average molecular weight is 566 g/mol. The number of esters is 1. The van der Waals surface area contributed by atoms with Crippen molar-refractivity contribution in [2.24, 2.45) is 0 Å². The minimum absolute atomic E-state index is 0.0724. The van der Waals surface area contributed by atoms with Crippen LogP contribution in [-0.2, 0) is 15.8 Å². The molecule has 3 aromatic carbocycles. The van der Waals surface area contributed by atoms with Crippen molar-refractivity contribution >= 4 is 58.0 Å². The fourth-order valence-electron chi connectivity index (χ4n) is 3.33. The molecule has 0 spiro atoms. The van der Waals surface area contributed by atoms with E-state index in [2.05, 4.69) is 5.32 Å². The normalized spacial score (nSPS) is 13.7. The van der Waals surface area contributed by atoms with Crippen LogP contribution in [0.4, 0.5) is 30.2 Å². The Morgan fingerprint density at radius 1 is 0.947 bits per heavy atom. The summed E-state index contributed by atoms with van der Waals surface area (Å²) in [4.78, 5) is 48.5. The lowest BCUT2D eigenvalue weighted by Crippen LogP contribution is -2.32. The molecule has 2 amide bonds. The third kappa shape index (κ3) is 5.31. The summed E-state index contributed by atoms with van der Waals surface area (Å²) in [6.45, 7) is 0. The van der Waals surface area contributed by atoms with Crippen LogP contribution in [0.1, 0.15) is 15.9 Å². The number of carbonyl (C=O) groups is 3. The van der Waals surface area contributed by atoms with E-state index in [4.69, 9.17) is 27.9 Å². The fourth-order valence-corrected chi connectivity index (χ4v) is 3.74. The predicted molar refractivity (Wildman–Crippen MR) is 130 cm³/mol. The lowest BCUT2D eigenvalue weighted by molar-refractivity contribution is -0.384. The second-order valence-corrected chi connectivity index (χ2v) is 8.43. The molecular weight excluding hydrogens is 554 g/mol. The van der Waals surface area contributed by atoms with E-state index in [-0.39, 0.29) is 27.7 Å². The van der Waals surface area contributed by atoms with E-state index in [1.165, 1.54) is 48.5 Å². The summed E-state index contributed by atoms with van der Waals surface area (Å²) in [7, 11) is 0. The lowest BCUT2D eigenvalue weighted by Gasteiger charge is -2.18. The Morgan fingerprint density at radius 2 is 1.58 bits per heavy atom. The molecule has 0 aromatic heterocycles. The molecule has 0 radical (unpaired) electrons. The quantitative estimate of drug-likeness (QED) is 0.129. The Kier molecular flexibility index (Phi) is 7.11. The highest BCUT2D eigenvalue weighted by atomic mass is 35.5. The molecule has 4 rings (SSSR count). The van der Waals surface area contributed by atoms with Crippen molar-refractivity contribution in [3.63, 3.8) is 0 Å². The van der Waals surface area contributed by atoms with Crippen LogP contribution in [0, 0.1) is 10.1 Å². The first-order valence-electron chi connectivity index (χ1n) is 10.4. The van der Waals surface area contributed by atoms with Crippen LogP contribution < -0.4 is 15.0 Å². The number of nitrogens with one attached hydrogen (secondary N) is 1. The maximum Gasteiger partial charge on any atom is 0.416 e. The number of ether oxygens (including phenoxy) is 1. The molecule has 194 valence electrons. The van der Waals surface area contributed by atoms with Crippen molar-refractivity contribution in [1.29, 1.82) is 0 Å². The Hall–Kier alpha value is -4.42. The first-order chi connectivity index (χ1) is 17.9. The van der Waals surface area contributed by atoms with Gasteiger partial charge in [-0.05, 0) is 54.6 Å². The minimum atomic E-state index is -4.75. The smallest absolute Gasteiger partial charge is 0.416 e. The zero-order chi connectivity index (χ0) is 27.8. The Balaban J connectivity index is 1.49. The SMILES string of the molecule is O=C(Oc1ccc([N+](=O)[O-])cc1)c1ccc(NC2=C(Cl)C(=O)N(c3cc(C(F)(F)F)ccc3Cl)C2=O)cc1. The zero-order valence-corrected chi connectivity index (χ0v) is 20.1. The van der Waals surface area contributed by atoms with Crippen molar-refractivity contribution in [2.45, 2.75) is 6.18 Å². The molecule has 1 N–H and O–H groups in total. The number of non-ortho nitro benzene ring substituents is 1. The molecule has 0 atom stereocenters. The highest BCUT2D eigenvalue weighted by Gasteiger charge is 2.41. The van der Waals surface area contributed by atoms with Crippen LogP contribution in [0.5, 0.6) is 5.75 Å². The number of halogens is 5. The zero-order valence-electron chi connectivity index (χ0n) is 18.6. The van der Waals surface area contributed by atoms with Gasteiger partial charge in [0.15, 0.2) is 0 Å². The number of hydrogen-bond donors (Lipinski definition) is 1. The van der Waals surface area contributed by atoms with E-state index in [0.29, 0.717) is 17.0 Å². The van der Waals surface area contributed by atoms with E-state index in [9.17, 15) is 37.7 Å². The van der Waals surface area contributed by atoms with Gasteiger partial charge in [0.25, 0.3) is 17.5 Å². The average Bonchev–Trinajstić information content (AvgIpc) is 3.07. The van der Waals surface area contributed by atoms with E-state index < -0.39 is 50.9 Å². The first kappa shape index (κ1) is 26.6. The van der Waals surface area contributed by atoms with Gasteiger partial charge in [0.2, 0.25) is 0 Å². The van der Waals surface area contributed by atoms with Gasteiger partial charge in [-0.1, -0.05) is 23.2 Å². The Bertz CT molecular complexity index is 1510. The fraction of sp³-hybridized carbons (Fsp3) is 0.0417. The molecule has 0 saturated carbocycles. The number of nitro groups is 1. The molecule has 1 aliphatic rings. The molecule has 0 bridgehead atoms. The standard InChI is InChI=1S/C24H12Cl2F3N3O6/c25-17-10-3-13(24(27,28)29)11-18(17)31-21(33)19(26)20(22(31)34)30-14-4-1-12(2-5-14)23(35)38-16-8-6-15(7-9-16)32(36)37/h1-11,30H. The first-order valence-corrected chi connectivity index (χ1v) is 11.1. The molecule has 3 aromatic rings. The molecular formula is C24H12Cl2F3N3O6. The van der Waals surface area contributed by atoms with Gasteiger partial charge in [-0.15, -0.1) is 0 Å². The number of nitrogens with zero attached hydrogens (tertiary/aromatic N) is 2. The lowest BCUT2D eigenvalue weighted by atomic mass is 10.1. The predicted octanol–water partition coefficient (Wildman–Crippen LogP) is 5.92. The maximum atomic E-state index is 13.1. The van der Waals surface area contributed by atoms with Crippen LogP contribution in [0.25, 0.3) is 0 Å². The van der Waals surface area contributed by atoms with E-state index >= 15 is 0 Å². The second kappa shape index (κ2) is 10.1. The van der Waals surface area contributed by atoms with Crippen molar-refractivity contribution in [1.82, 2.24) is 0 Å². The summed E-state index contributed by atoms with van der Waals surface area (Å²) in [5, 5.41) is 12.5. The van der Waals surface area contributed by atoms with Crippen LogP contribution in [-0.4, -0.2) is 22.7 Å². The number of rotatable bonds is 6. The number of nitro benzene ring substituents is 1. The van der Waals surface area contributed by atoms with Crippen molar-refractivity contribution in [3.05, 3.63) is 104 Å². The molecule has 38 heavy (non-hydrogen) atoms. The van der Waals surface area contributed by atoms with Crippen LogP contribution >= 0.6 is 23.2 Å². The van der Waals surface area contributed by atoms with Crippen LogP contribution in [0.2, 0.25) is 5.02 Å². The number of benzene rings is 3. The third-order valence-corrected chi connectivity index (χ3v) is 5.86. The summed E-state index contributed by atoms with van der Waals surface area (Å²) in [5.74, 6) is -2.82. The maximum absolute atomic E-state index is 13.1. The number of hydrogen-bond acceptors (Lipinski definition) is 7. The Morgan fingerprint density at radius 3 is 2.16 bits per heavy atom. The highest BCUT2D eigenvalue weighted by Crippen LogP contribution is 2.38. The molecule has 9 nitrogen and oxygen atoms in total. The minimum Gasteiger partial charge on any atom is -0.423 e. The monoisotopic (exact) mass is 565 g/mol. The van der Waals surface area contributed by atoms with E-state index in [0.717, 1.165) is 6.07 Å². The van der Waals surface area contributed by atoms with Crippen LogP contribution in [0.15, 0.2) is 77.5 Å².